The smallest absolute Gasteiger partial charge is 0.293 e. The second-order valence-electron chi connectivity index (χ2n) is 8.23. The molecule has 4 heterocycles. The summed E-state index contributed by atoms with van der Waals surface area (Å²) < 4.78 is 12.6. The number of aromatic hydroxyl groups is 2. The van der Waals surface area contributed by atoms with E-state index in [2.05, 4.69) is 35.7 Å². The monoisotopic (exact) mass is 512 g/mol. The van der Waals surface area contributed by atoms with Crippen molar-refractivity contribution in [3.63, 3.8) is 0 Å². The number of hydrogen-bond donors (Lipinski definition) is 5. The van der Waals surface area contributed by atoms with Crippen LogP contribution in [0, 0.1) is 0 Å². The molecule has 0 bridgehead atoms. The number of benzene rings is 1. The molecule has 3 aromatic heterocycles. The number of anilines is 2. The van der Waals surface area contributed by atoms with E-state index in [0.717, 1.165) is 5.56 Å². The molecule has 1 fully saturated rings. The van der Waals surface area contributed by atoms with Crippen molar-refractivity contribution in [2.45, 2.75) is 44.4 Å². The highest BCUT2D eigenvalue weighted by Gasteiger charge is 2.49. The number of aliphatic hydroxyl groups excluding tert-OH is 1. The van der Waals surface area contributed by atoms with E-state index in [9.17, 15) is 20.1 Å². The summed E-state index contributed by atoms with van der Waals surface area (Å²) in [7, 11) is 0. The molecule has 37 heavy (non-hydrogen) atoms. The van der Waals surface area contributed by atoms with Crippen LogP contribution in [-0.4, -0.2) is 80.3 Å². The maximum absolute atomic E-state index is 11.1. The number of phenols is 2. The van der Waals surface area contributed by atoms with Gasteiger partial charge < -0.3 is 35.8 Å². The van der Waals surface area contributed by atoms with Crippen molar-refractivity contribution in [2.24, 2.45) is 0 Å². The number of carbonyl (C=O) groups excluding carboxylic acids is 1. The van der Waals surface area contributed by atoms with Gasteiger partial charge in [-0.1, -0.05) is 6.07 Å². The summed E-state index contributed by atoms with van der Waals surface area (Å²) >= 11 is 0. The lowest BCUT2D eigenvalue weighted by atomic mass is 10.1. The zero-order valence-electron chi connectivity index (χ0n) is 19.5. The number of ether oxygens (including phenoxy) is 2. The van der Waals surface area contributed by atoms with Gasteiger partial charge in [-0.25, -0.2) is 4.98 Å². The molecule has 16 heteroatoms. The average Bonchev–Trinajstić information content (AvgIpc) is 3.60. The fraction of sp³-hybridized carbons (Fsp3) is 0.381. The van der Waals surface area contributed by atoms with Gasteiger partial charge in [0.05, 0.1) is 12.9 Å². The Morgan fingerprint density at radius 3 is 2.84 bits per heavy atom. The first kappa shape index (κ1) is 24.1. The summed E-state index contributed by atoms with van der Waals surface area (Å²) in [5.41, 5.74) is 7.45. The first-order chi connectivity index (χ1) is 17.9. The van der Waals surface area contributed by atoms with Gasteiger partial charge in [0.25, 0.3) is 6.47 Å². The lowest BCUT2D eigenvalue weighted by Gasteiger charge is -2.17. The van der Waals surface area contributed by atoms with Crippen LogP contribution in [0.4, 0.5) is 11.8 Å². The predicted octanol–water partition coefficient (Wildman–Crippen LogP) is -0.347. The molecule has 0 saturated carbocycles. The highest BCUT2D eigenvalue weighted by molar-refractivity contribution is 5.83. The van der Waals surface area contributed by atoms with Gasteiger partial charge in [-0.3, -0.25) is 9.36 Å². The molecule has 1 saturated heterocycles. The minimum atomic E-state index is -1.31. The Bertz CT molecular complexity index is 1420. The van der Waals surface area contributed by atoms with Crippen LogP contribution < -0.4 is 11.1 Å². The molecule has 16 nitrogen and oxygen atoms in total. The molecule has 1 aromatic carbocycles. The van der Waals surface area contributed by atoms with Crippen LogP contribution in [0.1, 0.15) is 30.6 Å². The fourth-order valence-corrected chi connectivity index (χ4v) is 4.05. The number of aryl methyl sites for hydroxylation is 1. The van der Waals surface area contributed by atoms with E-state index >= 15 is 0 Å². The summed E-state index contributed by atoms with van der Waals surface area (Å²) in [5, 5.41) is 45.2. The Kier molecular flexibility index (Phi) is 6.41. The van der Waals surface area contributed by atoms with Gasteiger partial charge >= 0.3 is 0 Å². The Morgan fingerprint density at radius 2 is 2.11 bits per heavy atom. The third-order valence-corrected chi connectivity index (χ3v) is 5.89. The van der Waals surface area contributed by atoms with Crippen LogP contribution in [0.2, 0.25) is 0 Å². The first-order valence-corrected chi connectivity index (χ1v) is 11.3. The third kappa shape index (κ3) is 4.54. The van der Waals surface area contributed by atoms with Gasteiger partial charge in [0, 0.05) is 6.54 Å². The third-order valence-electron chi connectivity index (χ3n) is 5.89. The number of aliphatic hydroxyl groups is 1. The first-order valence-electron chi connectivity index (χ1n) is 11.3. The van der Waals surface area contributed by atoms with E-state index in [0.29, 0.717) is 19.5 Å². The second kappa shape index (κ2) is 9.82. The SMILES string of the molecule is CCn1nnc([C@H]2O[C@@H](n3cnc4c(N)nc(NCCc5ccc(O)c(O)c5)nc43)[C@H](O)[C@@H]2OC=O)n1. The Labute approximate surface area is 208 Å². The van der Waals surface area contributed by atoms with Gasteiger partial charge in [0.2, 0.25) is 11.8 Å². The molecule has 5 rings (SSSR count). The molecule has 1 aliphatic rings. The standard InChI is InChI=1S/C21H24N10O6/c1-2-31-28-18(27-29-31)16-15(36-9-32)14(35)20(37-16)30-8-24-13-17(22)25-21(26-19(13)30)23-6-5-10-3-4-11(33)12(34)7-10/h3-4,7-9,14-16,20,33-35H,2,5-6H2,1H3,(H3,22,23,25,26)/t14-,15+,16+,20-/m1/s1. The molecule has 0 amide bonds. The lowest BCUT2D eigenvalue weighted by molar-refractivity contribution is -0.140. The molecule has 0 aliphatic carbocycles. The number of hydrogen-bond acceptors (Lipinski definition) is 14. The summed E-state index contributed by atoms with van der Waals surface area (Å²) in [5.74, 6) is 0.0481. The topological polar surface area (TPSA) is 221 Å². The number of nitrogens with one attached hydrogen (secondary N) is 1. The molecule has 0 radical (unpaired) electrons. The fourth-order valence-electron chi connectivity index (χ4n) is 4.05. The van der Waals surface area contributed by atoms with Gasteiger partial charge in [-0.05, 0) is 36.3 Å². The number of carbonyl (C=O) groups is 1. The van der Waals surface area contributed by atoms with Crippen LogP contribution in [0.15, 0.2) is 24.5 Å². The number of tetrazole rings is 1. The number of rotatable bonds is 9. The van der Waals surface area contributed by atoms with E-state index < -0.39 is 24.5 Å². The number of nitrogens with two attached hydrogens (primary N) is 1. The van der Waals surface area contributed by atoms with Crippen LogP contribution in [-0.2, 0) is 27.2 Å². The van der Waals surface area contributed by atoms with Crippen molar-refractivity contribution >= 4 is 29.4 Å². The molecule has 6 N–H and O–H groups in total. The Morgan fingerprint density at radius 1 is 1.27 bits per heavy atom. The minimum Gasteiger partial charge on any atom is -0.504 e. The highest BCUT2D eigenvalue weighted by Crippen LogP contribution is 2.40. The van der Waals surface area contributed by atoms with Crippen LogP contribution in [0.5, 0.6) is 11.5 Å². The van der Waals surface area contributed by atoms with E-state index in [1.165, 1.54) is 27.8 Å². The minimum absolute atomic E-state index is 0.103. The van der Waals surface area contributed by atoms with Crippen LogP contribution in [0.3, 0.4) is 0 Å². The maximum Gasteiger partial charge on any atom is 0.293 e. The van der Waals surface area contributed by atoms with Crippen molar-refractivity contribution < 1.29 is 29.6 Å². The Hall–Kier alpha value is -4.57. The maximum atomic E-state index is 11.1. The predicted molar refractivity (Wildman–Crippen MR) is 125 cm³/mol. The van der Waals surface area contributed by atoms with Gasteiger partial charge in [-0.15, -0.1) is 10.2 Å². The summed E-state index contributed by atoms with van der Waals surface area (Å²) in [4.78, 5) is 25.4. The Balaban J connectivity index is 1.39. The molecule has 4 atom stereocenters. The van der Waals surface area contributed by atoms with Crippen LogP contribution in [0.25, 0.3) is 11.2 Å². The average molecular weight is 512 g/mol. The number of phenolic OH excluding ortho intramolecular Hbond substituents is 2. The van der Waals surface area contributed by atoms with Crippen molar-refractivity contribution in [3.05, 3.63) is 35.9 Å². The molecular weight excluding hydrogens is 488 g/mol. The molecule has 194 valence electrons. The molecule has 0 spiro atoms. The number of fused-ring (bicyclic) bond motifs is 1. The summed E-state index contributed by atoms with van der Waals surface area (Å²) in [6.45, 7) is 2.91. The second-order valence-corrected chi connectivity index (χ2v) is 8.23. The number of nitrogens with zero attached hydrogens (tertiary/aromatic N) is 8. The lowest BCUT2D eigenvalue weighted by Crippen LogP contribution is -2.31. The zero-order chi connectivity index (χ0) is 26.1. The quantitative estimate of drug-likeness (QED) is 0.143. The van der Waals surface area contributed by atoms with Crippen LogP contribution >= 0.6 is 0 Å². The van der Waals surface area contributed by atoms with E-state index in [-0.39, 0.29) is 46.7 Å². The van der Waals surface area contributed by atoms with Gasteiger partial charge in [0.15, 0.2) is 41.4 Å². The molecule has 4 aromatic rings. The molecule has 0 unspecified atom stereocenters. The zero-order valence-corrected chi connectivity index (χ0v) is 19.5. The van der Waals surface area contributed by atoms with E-state index in [1.54, 1.807) is 6.07 Å². The number of imidazole rings is 1. The normalized spacial score (nSPS) is 21.4. The molecule has 1 aliphatic heterocycles. The van der Waals surface area contributed by atoms with E-state index in [4.69, 9.17) is 15.2 Å². The van der Waals surface area contributed by atoms with Crippen molar-refractivity contribution in [1.82, 2.24) is 39.7 Å². The summed E-state index contributed by atoms with van der Waals surface area (Å²) in [6, 6.07) is 4.56. The van der Waals surface area contributed by atoms with Gasteiger partial charge in [-0.2, -0.15) is 14.8 Å². The van der Waals surface area contributed by atoms with Crippen molar-refractivity contribution in [3.8, 4) is 11.5 Å². The van der Waals surface area contributed by atoms with E-state index in [1.807, 2.05) is 6.92 Å². The number of nitrogen functional groups attached to an aromatic ring is 1. The summed E-state index contributed by atoms with van der Waals surface area (Å²) in [6.07, 6.45) is -2.57. The van der Waals surface area contributed by atoms with Crippen molar-refractivity contribution in [2.75, 3.05) is 17.6 Å². The highest BCUT2D eigenvalue weighted by atomic mass is 16.6. The largest absolute Gasteiger partial charge is 0.504 e. The van der Waals surface area contributed by atoms with Crippen molar-refractivity contribution in [1.29, 1.82) is 0 Å². The number of aromatic nitrogens is 8. The van der Waals surface area contributed by atoms with Gasteiger partial charge in [0.1, 0.15) is 11.6 Å². The molecular formula is C21H24N10O6.